The molecule has 4 nitrogen and oxygen atoms in total. The molecule has 5 heteroatoms. The van der Waals surface area contributed by atoms with E-state index < -0.39 is 0 Å². The van der Waals surface area contributed by atoms with Crippen LogP contribution in [-0.2, 0) is 0 Å². The van der Waals surface area contributed by atoms with Gasteiger partial charge >= 0.3 is 0 Å². The predicted molar refractivity (Wildman–Crippen MR) is 104 cm³/mol. The fourth-order valence-corrected chi connectivity index (χ4v) is 4.92. The van der Waals surface area contributed by atoms with Gasteiger partial charge < -0.3 is 0 Å². The van der Waals surface area contributed by atoms with Crippen LogP contribution in [0.4, 0.5) is 0 Å². The van der Waals surface area contributed by atoms with Crippen LogP contribution in [0.15, 0.2) is 59.6 Å². The molecule has 0 bridgehead atoms. The van der Waals surface area contributed by atoms with Crippen molar-refractivity contribution < 1.29 is 4.79 Å². The number of Topliss-reactive ketones (excluding diaryl/α,β-unsaturated/α-hetero) is 1. The number of thioether (sulfide) groups is 1. The fraction of sp³-hybridized carbons (Fsp3) is 0.286. The van der Waals surface area contributed by atoms with Crippen LogP contribution < -0.4 is 0 Å². The molecule has 0 aliphatic heterocycles. The minimum Gasteiger partial charge on any atom is -0.294 e. The van der Waals surface area contributed by atoms with Crippen LogP contribution in [0.2, 0.25) is 0 Å². The summed E-state index contributed by atoms with van der Waals surface area (Å²) in [4.78, 5) is 18.5. The van der Waals surface area contributed by atoms with Crippen molar-refractivity contribution in [2.24, 2.45) is 5.41 Å². The van der Waals surface area contributed by atoms with Crippen molar-refractivity contribution in [3.8, 4) is 5.82 Å². The van der Waals surface area contributed by atoms with Crippen molar-refractivity contribution in [3.05, 3.63) is 71.7 Å². The van der Waals surface area contributed by atoms with Crippen LogP contribution in [0, 0.1) is 12.3 Å². The van der Waals surface area contributed by atoms with Gasteiger partial charge in [0, 0.05) is 17.5 Å². The molecule has 1 atom stereocenters. The predicted octanol–water partition coefficient (Wildman–Crippen LogP) is 5.02. The van der Waals surface area contributed by atoms with Crippen LogP contribution in [0.5, 0.6) is 0 Å². The molecule has 0 saturated heterocycles. The highest BCUT2D eigenvalue weighted by Gasteiger charge is 2.44. The monoisotopic (exact) mass is 363 g/mol. The van der Waals surface area contributed by atoms with Crippen LogP contribution >= 0.6 is 11.8 Å². The van der Waals surface area contributed by atoms with Gasteiger partial charge in [0.25, 0.3) is 0 Å². The molecular formula is C21H21N3OS. The highest BCUT2D eigenvalue weighted by Crippen LogP contribution is 2.54. The summed E-state index contributed by atoms with van der Waals surface area (Å²) in [5, 5.41) is 4.80. The van der Waals surface area contributed by atoms with Crippen molar-refractivity contribution in [3.63, 3.8) is 0 Å². The molecule has 0 amide bonds. The Morgan fingerprint density at radius 2 is 1.85 bits per heavy atom. The summed E-state index contributed by atoms with van der Waals surface area (Å²) in [6.45, 7) is 6.25. The molecule has 3 aromatic rings. The number of aromatic nitrogens is 3. The van der Waals surface area contributed by atoms with E-state index in [1.54, 1.807) is 18.0 Å². The molecule has 2 aromatic heterocycles. The van der Waals surface area contributed by atoms with Gasteiger partial charge in [-0.05, 0) is 36.6 Å². The Labute approximate surface area is 157 Å². The number of benzene rings is 1. The van der Waals surface area contributed by atoms with E-state index in [-0.39, 0.29) is 16.4 Å². The average Bonchev–Trinajstić information content (AvgIpc) is 2.97. The fourth-order valence-electron chi connectivity index (χ4n) is 3.60. The van der Waals surface area contributed by atoms with Crippen LogP contribution in [0.1, 0.15) is 47.3 Å². The van der Waals surface area contributed by atoms with Crippen molar-refractivity contribution in [2.45, 2.75) is 37.3 Å². The molecule has 0 fully saturated rings. The van der Waals surface area contributed by atoms with Gasteiger partial charge in [-0.1, -0.05) is 38.1 Å². The van der Waals surface area contributed by atoms with Gasteiger partial charge in [-0.15, -0.1) is 11.8 Å². The largest absolute Gasteiger partial charge is 0.294 e. The second kappa shape index (κ2) is 6.40. The number of ketones is 1. The Bertz CT molecular complexity index is 948. The summed E-state index contributed by atoms with van der Waals surface area (Å²) >= 11 is 1.80. The van der Waals surface area contributed by atoms with Crippen LogP contribution in [0.25, 0.3) is 5.82 Å². The summed E-state index contributed by atoms with van der Waals surface area (Å²) in [5.41, 5.74) is 2.34. The number of rotatable bonds is 3. The lowest BCUT2D eigenvalue weighted by Gasteiger charge is -2.37. The summed E-state index contributed by atoms with van der Waals surface area (Å²) in [6, 6.07) is 16.1. The van der Waals surface area contributed by atoms with E-state index in [0.717, 1.165) is 22.8 Å². The molecule has 1 aliphatic carbocycles. The third-order valence-corrected chi connectivity index (χ3v) is 6.45. The molecule has 132 valence electrons. The molecule has 1 aliphatic rings. The van der Waals surface area contributed by atoms with Crippen molar-refractivity contribution in [1.82, 2.24) is 14.8 Å². The van der Waals surface area contributed by atoms with E-state index in [2.05, 4.69) is 31.0 Å². The van der Waals surface area contributed by atoms with Crippen molar-refractivity contribution in [2.75, 3.05) is 0 Å². The normalized spacial score (nSPS) is 18.6. The summed E-state index contributed by atoms with van der Waals surface area (Å²) in [6.07, 6.45) is 2.28. The van der Waals surface area contributed by atoms with E-state index in [1.807, 2.05) is 48.0 Å². The second-order valence-electron chi connectivity index (χ2n) is 7.34. The zero-order chi connectivity index (χ0) is 18.3. The second-order valence-corrected chi connectivity index (χ2v) is 8.52. The number of pyridine rings is 1. The van der Waals surface area contributed by atoms with Gasteiger partial charge in [0.05, 0.1) is 22.2 Å². The van der Waals surface area contributed by atoms with E-state index in [4.69, 9.17) is 5.10 Å². The molecule has 26 heavy (non-hydrogen) atoms. The van der Waals surface area contributed by atoms with Gasteiger partial charge in [0.15, 0.2) is 11.6 Å². The SMILES string of the molecule is Cc1nn(-c2ccccn2)c2c1C(=O)CC(C)(C)C2Sc1ccccc1. The number of hydrogen-bond donors (Lipinski definition) is 0. The quantitative estimate of drug-likeness (QED) is 0.655. The van der Waals surface area contributed by atoms with Gasteiger partial charge in [0.2, 0.25) is 0 Å². The first-order valence-electron chi connectivity index (χ1n) is 8.73. The Hall–Kier alpha value is -2.40. The molecule has 0 saturated carbocycles. The number of carbonyl (C=O) groups excluding carboxylic acids is 1. The van der Waals surface area contributed by atoms with Crippen molar-refractivity contribution in [1.29, 1.82) is 0 Å². The lowest BCUT2D eigenvalue weighted by molar-refractivity contribution is 0.0907. The number of nitrogens with zero attached hydrogens (tertiary/aromatic N) is 3. The maximum atomic E-state index is 12.9. The summed E-state index contributed by atoms with van der Waals surface area (Å²) in [7, 11) is 0. The minimum absolute atomic E-state index is 0.112. The zero-order valence-electron chi connectivity index (χ0n) is 15.1. The zero-order valence-corrected chi connectivity index (χ0v) is 16.0. The van der Waals surface area contributed by atoms with Crippen LogP contribution in [-0.4, -0.2) is 20.5 Å². The first kappa shape index (κ1) is 17.0. The van der Waals surface area contributed by atoms with Gasteiger partial charge in [-0.25, -0.2) is 9.67 Å². The summed E-state index contributed by atoms with van der Waals surface area (Å²) < 4.78 is 1.87. The first-order valence-corrected chi connectivity index (χ1v) is 9.61. The van der Waals surface area contributed by atoms with Gasteiger partial charge in [-0.2, -0.15) is 5.10 Å². The lowest BCUT2D eigenvalue weighted by atomic mass is 9.75. The Morgan fingerprint density at radius 1 is 1.12 bits per heavy atom. The molecule has 1 unspecified atom stereocenters. The molecule has 0 radical (unpaired) electrons. The van der Waals surface area contributed by atoms with Gasteiger partial charge in [0.1, 0.15) is 0 Å². The standard InChI is InChI=1S/C21H21N3OS/c1-14-18-16(25)13-21(2,3)20(26-15-9-5-4-6-10-15)19(18)24(23-14)17-11-7-8-12-22-17/h4-12,20H,13H2,1-3H3. The smallest absolute Gasteiger partial charge is 0.167 e. The highest BCUT2D eigenvalue weighted by molar-refractivity contribution is 7.99. The number of hydrogen-bond acceptors (Lipinski definition) is 4. The number of aryl methyl sites for hydroxylation is 1. The highest BCUT2D eigenvalue weighted by atomic mass is 32.2. The maximum Gasteiger partial charge on any atom is 0.167 e. The van der Waals surface area contributed by atoms with Crippen molar-refractivity contribution >= 4 is 17.5 Å². The summed E-state index contributed by atoms with van der Waals surface area (Å²) in [5.74, 6) is 0.926. The van der Waals surface area contributed by atoms with Crippen LogP contribution in [0.3, 0.4) is 0 Å². The maximum absolute atomic E-state index is 12.9. The third-order valence-electron chi connectivity index (χ3n) is 4.81. The minimum atomic E-state index is -0.177. The number of fused-ring (bicyclic) bond motifs is 1. The van der Waals surface area contributed by atoms with Gasteiger partial charge in [-0.3, -0.25) is 4.79 Å². The molecule has 2 heterocycles. The molecule has 4 rings (SSSR count). The molecule has 0 N–H and O–H groups in total. The Kier molecular flexibility index (Phi) is 4.19. The van der Waals surface area contributed by atoms with E-state index >= 15 is 0 Å². The Balaban J connectivity index is 1.90. The Morgan fingerprint density at radius 3 is 2.54 bits per heavy atom. The molecular weight excluding hydrogens is 342 g/mol. The number of carbonyl (C=O) groups is 1. The third kappa shape index (κ3) is 2.86. The first-order chi connectivity index (χ1) is 12.5. The van der Waals surface area contributed by atoms with E-state index in [0.29, 0.717) is 6.42 Å². The van der Waals surface area contributed by atoms with E-state index in [9.17, 15) is 4.79 Å². The topological polar surface area (TPSA) is 47.8 Å². The lowest BCUT2D eigenvalue weighted by Crippen LogP contribution is -2.31. The van der Waals surface area contributed by atoms with E-state index in [1.165, 1.54) is 4.90 Å². The molecule has 0 spiro atoms. The average molecular weight is 363 g/mol. The molecule has 1 aromatic carbocycles.